The van der Waals surface area contributed by atoms with Crippen LogP contribution in [0, 0.1) is 0 Å². The van der Waals surface area contributed by atoms with Crippen LogP contribution >= 0.6 is 21.9 Å². The van der Waals surface area contributed by atoms with Crippen LogP contribution in [0.1, 0.15) is 15.9 Å². The first-order valence-corrected chi connectivity index (χ1v) is 10.5. The molecule has 0 unspecified atom stereocenters. The van der Waals surface area contributed by atoms with Gasteiger partial charge in [-0.15, -0.1) is 0 Å². The molecule has 0 aromatic heterocycles. The van der Waals surface area contributed by atoms with Crippen LogP contribution in [0.2, 0.25) is 0 Å². The quantitative estimate of drug-likeness (QED) is 0.287. The number of ketones is 1. The van der Waals surface area contributed by atoms with Crippen LogP contribution in [-0.2, 0) is 17.3 Å². The van der Waals surface area contributed by atoms with Gasteiger partial charge in [0.2, 0.25) is 5.78 Å². The zero-order chi connectivity index (χ0) is 16.4. The van der Waals surface area contributed by atoms with E-state index in [2.05, 4.69) is 22.7 Å². The largest absolute Gasteiger partial charge is 0.472 e. The standard InChI is InChI=1S/C15H13N3OS.ClH.Zn/c16-15(20)18-17-13(11-7-3-1-4-8-11)14(19)12-9-5-2-6-10-12;;/h1-10H,(H3,16,18,19,20);1H;/q;;+2/p-2. The van der Waals surface area contributed by atoms with E-state index in [0.717, 1.165) is 17.3 Å². The number of hydrogen-bond acceptors (Lipinski definition) is 3. The van der Waals surface area contributed by atoms with Crippen molar-refractivity contribution in [1.29, 1.82) is 0 Å². The molecule has 0 radical (unpaired) electrons. The van der Waals surface area contributed by atoms with Gasteiger partial charge in [-0.05, 0) is 0 Å². The van der Waals surface area contributed by atoms with E-state index in [1.807, 2.05) is 24.3 Å². The maximum atomic E-state index is 12.5. The van der Waals surface area contributed by atoms with E-state index in [1.54, 1.807) is 36.4 Å². The first kappa shape index (κ1) is 18.4. The van der Waals surface area contributed by atoms with Crippen molar-refractivity contribution in [2.45, 2.75) is 0 Å². The second-order valence-electron chi connectivity index (χ2n) is 3.96. The van der Waals surface area contributed by atoms with E-state index in [9.17, 15) is 4.79 Å². The minimum atomic E-state index is -0.237. The molecule has 7 heteroatoms. The van der Waals surface area contributed by atoms with Crippen molar-refractivity contribution in [2.24, 2.45) is 5.10 Å². The number of hydrazone groups is 1. The Morgan fingerprint density at radius 3 is 1.91 bits per heavy atom. The van der Waals surface area contributed by atoms with E-state index in [-0.39, 0.29) is 16.6 Å². The van der Waals surface area contributed by atoms with Crippen molar-refractivity contribution >= 4 is 38.5 Å². The fourth-order valence-electron chi connectivity index (χ4n) is 1.68. The summed E-state index contributed by atoms with van der Waals surface area (Å²) in [6, 6.07) is 17.9. The third-order valence-electron chi connectivity index (χ3n) is 2.57. The molecule has 108 valence electrons. The Morgan fingerprint density at radius 1 is 1.00 bits per heavy atom. The van der Waals surface area contributed by atoms with E-state index in [4.69, 9.17) is 15.4 Å². The van der Waals surface area contributed by atoms with Crippen molar-refractivity contribution in [1.82, 2.24) is 5.43 Å². The van der Waals surface area contributed by atoms with Crippen LogP contribution in [-0.4, -0.2) is 16.6 Å². The zero-order valence-electron chi connectivity index (χ0n) is 11.6. The summed E-state index contributed by atoms with van der Waals surface area (Å²) < 4.78 is 0. The Hall–Kier alpha value is -1.62. The van der Waals surface area contributed by atoms with Gasteiger partial charge in [0, 0.05) is 16.2 Å². The number of carbonyl (C=O) groups is 1. The van der Waals surface area contributed by atoms with Gasteiger partial charge in [0.25, 0.3) is 0 Å². The van der Waals surface area contributed by atoms with Crippen molar-refractivity contribution in [3.05, 3.63) is 77.5 Å². The molecule has 0 aliphatic carbocycles. The zero-order valence-corrected chi connectivity index (χ0v) is 16.2. The molecule has 0 atom stereocenters. The molecular weight excluding hydrogens is 371 g/mol. The Morgan fingerprint density at radius 2 is 1.45 bits per heavy atom. The van der Waals surface area contributed by atoms with Gasteiger partial charge < -0.3 is 11.2 Å². The Kier molecular flexibility index (Phi) is 8.52. The van der Waals surface area contributed by atoms with Gasteiger partial charge in [-0.3, -0.25) is 9.90 Å². The van der Waals surface area contributed by atoms with Crippen LogP contribution < -0.4 is 5.43 Å². The maximum absolute atomic E-state index is 12.5. The average molecular weight is 383 g/mol. The van der Waals surface area contributed by atoms with Gasteiger partial charge in [0.05, 0.1) is 0 Å². The van der Waals surface area contributed by atoms with Crippen molar-refractivity contribution in [3.63, 3.8) is 0 Å². The summed E-state index contributed by atoms with van der Waals surface area (Å²) in [5.74, 6) is -0.222. The molecule has 22 heavy (non-hydrogen) atoms. The third-order valence-corrected chi connectivity index (χ3v) is 2.66. The van der Waals surface area contributed by atoms with Crippen LogP contribution in [0.5, 0.6) is 0 Å². The molecule has 2 aromatic rings. The summed E-state index contributed by atoms with van der Waals surface area (Å²) in [7, 11) is 4.76. The first-order chi connectivity index (χ1) is 10.7. The number of Topliss-reactive ketones (excluding diaryl/α,β-unsaturated/α-hetero) is 1. The molecule has 0 saturated carbocycles. The Bertz CT molecular complexity index is 650. The number of benzene rings is 2. The van der Waals surface area contributed by atoms with E-state index in [1.165, 1.54) is 0 Å². The predicted octanol–water partition coefficient (Wildman–Crippen LogP) is 3.89. The fraction of sp³-hybridized carbons (Fsp3) is 0. The molecule has 0 bridgehead atoms. The summed E-state index contributed by atoms with van der Waals surface area (Å²) in [5.41, 5.74) is 11.0. The molecule has 0 amide bonds. The molecular formula is C15H12ClN3OSZn. The molecule has 4 nitrogen and oxygen atoms in total. The number of rotatable bonds is 4. The van der Waals surface area contributed by atoms with Gasteiger partial charge in [-0.1, -0.05) is 72.9 Å². The molecule has 0 spiro atoms. The fourth-order valence-corrected chi connectivity index (χ4v) is 1.72. The van der Waals surface area contributed by atoms with Gasteiger partial charge in [-0.2, -0.15) is 0 Å². The molecule has 0 saturated heterocycles. The average Bonchev–Trinajstić information content (AvgIpc) is 2.58. The molecule has 0 heterocycles. The summed E-state index contributed by atoms with van der Waals surface area (Å²) in [6.07, 6.45) is 0. The Balaban J connectivity index is 0.00000116. The number of thiocarbonyl (C=S) groups is 1. The predicted molar refractivity (Wildman–Crippen MR) is 89.7 cm³/mol. The van der Waals surface area contributed by atoms with Gasteiger partial charge in [-0.25, -0.2) is 0 Å². The van der Waals surface area contributed by atoms with Crippen molar-refractivity contribution in [3.8, 4) is 0 Å². The molecule has 0 aliphatic rings. The minimum Gasteiger partial charge on any atom is -0.472 e. The normalized spacial score (nSPS) is 10.2. The molecule has 2 rings (SSSR count). The number of hydrogen-bond donors (Lipinski definition) is 1. The summed E-state index contributed by atoms with van der Waals surface area (Å²) in [5, 5.41) is 3.72. The van der Waals surface area contributed by atoms with Crippen LogP contribution in [0.15, 0.2) is 65.8 Å². The van der Waals surface area contributed by atoms with Gasteiger partial charge >= 0.3 is 27.0 Å². The molecule has 0 fully saturated rings. The SMILES string of the molecule is [Cl][Zn+].[NH-]C(=S)N/N=C(/C(=O)c1ccccc1)c1ccccc1. The second kappa shape index (κ2) is 10.2. The molecule has 2 aromatic carbocycles. The van der Waals surface area contributed by atoms with Crippen LogP contribution in [0.4, 0.5) is 0 Å². The number of carbonyl (C=O) groups excluding carboxylic acids is 1. The van der Waals surface area contributed by atoms with Gasteiger partial charge in [0.1, 0.15) is 5.71 Å². The summed E-state index contributed by atoms with van der Waals surface area (Å²) in [4.78, 5) is 12.5. The van der Waals surface area contributed by atoms with Crippen molar-refractivity contribution in [2.75, 3.05) is 0 Å². The number of nitrogens with zero attached hydrogens (tertiary/aromatic N) is 1. The maximum Gasteiger partial charge on any atom is 0.211 e. The van der Waals surface area contributed by atoms with E-state index < -0.39 is 0 Å². The number of halogens is 1. The second-order valence-corrected chi connectivity index (χ2v) is 4.37. The third kappa shape index (κ3) is 5.64. The van der Waals surface area contributed by atoms with E-state index >= 15 is 0 Å². The smallest absolute Gasteiger partial charge is 0.211 e. The van der Waals surface area contributed by atoms with Crippen molar-refractivity contribution < 1.29 is 22.1 Å². The summed E-state index contributed by atoms with van der Waals surface area (Å²) in [6.45, 7) is 0. The van der Waals surface area contributed by atoms with Crippen LogP contribution in [0.3, 0.4) is 0 Å². The summed E-state index contributed by atoms with van der Waals surface area (Å²) >= 11 is 5.45. The van der Waals surface area contributed by atoms with E-state index in [0.29, 0.717) is 11.1 Å². The van der Waals surface area contributed by atoms with Crippen LogP contribution in [0.25, 0.3) is 5.73 Å². The number of nitrogens with one attached hydrogen (secondary N) is 2. The minimum absolute atomic E-state index is 0.222. The topological polar surface area (TPSA) is 65.3 Å². The molecule has 2 N–H and O–H groups in total. The first-order valence-electron chi connectivity index (χ1n) is 6.19. The monoisotopic (exact) mass is 381 g/mol. The van der Waals surface area contributed by atoms with Gasteiger partial charge in [0.15, 0.2) is 0 Å². The molecule has 0 aliphatic heterocycles. The Labute approximate surface area is 148 Å².